The fourth-order valence-electron chi connectivity index (χ4n) is 0.0927. The number of carbonyl (C=O) groups is 2. The average molecular weight is 254 g/mol. The molecule has 0 aliphatic rings. The van der Waals surface area contributed by atoms with Gasteiger partial charge in [0.1, 0.15) is 3.92 Å². The van der Waals surface area contributed by atoms with Gasteiger partial charge in [0, 0.05) is 0 Å². The first kappa shape index (κ1) is 12.5. The van der Waals surface area contributed by atoms with E-state index in [1.807, 2.05) is 0 Å². The molecule has 0 aliphatic heterocycles. The summed E-state index contributed by atoms with van der Waals surface area (Å²) in [4.78, 5) is 19.1. The number of carbonyl (C=O) groups excluding carboxylic acids is 2. The van der Waals surface area contributed by atoms with E-state index < -0.39 is 15.9 Å². The minimum atomic E-state index is -1.88. The van der Waals surface area contributed by atoms with Crippen LogP contribution in [-0.4, -0.2) is 15.9 Å². The van der Waals surface area contributed by atoms with E-state index in [4.69, 9.17) is 0 Å². The summed E-state index contributed by atoms with van der Waals surface area (Å²) in [6, 6.07) is -1.88. The van der Waals surface area contributed by atoms with Crippen LogP contribution < -0.4 is 34.7 Å². The van der Waals surface area contributed by atoms with Gasteiger partial charge in [-0.15, -0.1) is 0 Å². The van der Waals surface area contributed by atoms with Gasteiger partial charge in [-0.3, -0.25) is 4.79 Å². The summed E-state index contributed by atoms with van der Waals surface area (Å²) in [6.07, 6.45) is 0. The zero-order valence-corrected chi connectivity index (χ0v) is 8.72. The maximum Gasteiger partial charge on any atom is 1.00 e. The van der Waals surface area contributed by atoms with Gasteiger partial charge in [-0.25, -0.2) is 0 Å². The van der Waals surface area contributed by atoms with Gasteiger partial charge in [0.2, 0.25) is 0 Å². The maximum atomic E-state index is 11.3. The van der Waals surface area contributed by atoms with E-state index in [-0.39, 0.29) is 29.6 Å². The van der Waals surface area contributed by atoms with E-state index in [0.29, 0.717) is 0 Å². The third-order valence-corrected chi connectivity index (χ3v) is 1.40. The molecule has 0 aromatic rings. The molecule has 0 radical (unpaired) electrons. The Morgan fingerprint density at radius 1 is 1.56 bits per heavy atom. The fraction of sp³-hybridized carbons (Fsp3) is 0.333. The molecule has 0 saturated heterocycles. The monoisotopic (exact) mass is 254 g/mol. The number of carboxylic acid groups (broad SMARTS) is 1. The summed E-state index contributed by atoms with van der Waals surface area (Å²) in [6.45, 7) is 0. The Hall–Kier alpha value is 0.800. The van der Waals surface area contributed by atoms with Crippen LogP contribution in [-0.2, 0) is 9.59 Å². The molecule has 1 unspecified atom stereocenters. The SMILES string of the molecule is O=C([O-])C(I)C(=O)F.[Na+]. The summed E-state index contributed by atoms with van der Waals surface area (Å²) in [5.41, 5.74) is 0. The standard InChI is InChI=1S/C3H2FIO3.Na/c4-2(6)1(5)3(7)8;/h1H,(H,7,8);/q;+1/p-1. The Kier molecular flexibility index (Phi) is 7.73. The first-order valence-electron chi connectivity index (χ1n) is 1.60. The molecule has 0 amide bonds. The molecule has 0 aliphatic carbocycles. The number of hydrogen-bond acceptors (Lipinski definition) is 3. The molecule has 0 aromatic heterocycles. The van der Waals surface area contributed by atoms with Crippen LogP contribution >= 0.6 is 22.6 Å². The van der Waals surface area contributed by atoms with E-state index in [2.05, 4.69) is 0 Å². The van der Waals surface area contributed by atoms with Crippen LogP contribution in [0.25, 0.3) is 0 Å². The van der Waals surface area contributed by atoms with Gasteiger partial charge in [-0.2, -0.15) is 4.39 Å². The number of carboxylic acids is 1. The second-order valence-electron chi connectivity index (χ2n) is 0.986. The molecular formula is C3HFINaO3. The zero-order valence-electron chi connectivity index (χ0n) is 4.56. The van der Waals surface area contributed by atoms with Crippen molar-refractivity contribution in [2.45, 2.75) is 3.92 Å². The first-order valence-corrected chi connectivity index (χ1v) is 2.84. The Balaban J connectivity index is 0. The largest absolute Gasteiger partial charge is 1.00 e. The fourth-order valence-corrected chi connectivity index (χ4v) is 0.0927. The third kappa shape index (κ3) is 5.25. The van der Waals surface area contributed by atoms with E-state index >= 15 is 0 Å². The Morgan fingerprint density at radius 3 is 1.89 bits per heavy atom. The predicted octanol–water partition coefficient (Wildman–Crippen LogP) is -3.96. The Morgan fingerprint density at radius 2 is 1.89 bits per heavy atom. The summed E-state index contributed by atoms with van der Waals surface area (Å²) in [5, 5.41) is 9.56. The number of aliphatic carboxylic acids is 1. The van der Waals surface area contributed by atoms with Gasteiger partial charge in [0.15, 0.2) is 0 Å². The van der Waals surface area contributed by atoms with Crippen LogP contribution in [0.2, 0.25) is 0 Å². The smallest absolute Gasteiger partial charge is 0.548 e. The number of halogens is 2. The van der Waals surface area contributed by atoms with Crippen LogP contribution in [0.4, 0.5) is 4.39 Å². The van der Waals surface area contributed by atoms with E-state index in [0.717, 1.165) is 22.6 Å². The molecule has 1 atom stereocenters. The molecular weight excluding hydrogens is 253 g/mol. The summed E-state index contributed by atoms with van der Waals surface area (Å²) >= 11 is 1.13. The molecule has 0 bridgehead atoms. The average Bonchev–Trinajstić information content (AvgIpc) is 1.64. The second kappa shape index (κ2) is 5.57. The normalized spacial score (nSPS) is 11.3. The van der Waals surface area contributed by atoms with Crippen molar-refractivity contribution in [1.82, 2.24) is 0 Å². The summed E-state index contributed by atoms with van der Waals surface area (Å²) in [7, 11) is 0. The van der Waals surface area contributed by atoms with Crippen molar-refractivity contribution in [2.75, 3.05) is 0 Å². The Labute approximate surface area is 86.4 Å². The van der Waals surface area contributed by atoms with Gasteiger partial charge in [-0.1, -0.05) is 22.6 Å². The zero-order chi connectivity index (χ0) is 6.73. The molecule has 0 rings (SSSR count). The quantitative estimate of drug-likeness (QED) is 0.166. The predicted molar refractivity (Wildman–Crippen MR) is 28.9 cm³/mol. The molecule has 3 nitrogen and oxygen atoms in total. The Bertz CT molecular complexity index is 114. The van der Waals surface area contributed by atoms with Crippen molar-refractivity contribution in [3.05, 3.63) is 0 Å². The topological polar surface area (TPSA) is 57.2 Å². The van der Waals surface area contributed by atoms with Crippen molar-refractivity contribution >= 4 is 34.6 Å². The molecule has 0 heterocycles. The molecule has 46 valence electrons. The van der Waals surface area contributed by atoms with Gasteiger partial charge in [-0.05, 0) is 0 Å². The first-order chi connectivity index (χ1) is 3.55. The van der Waals surface area contributed by atoms with Crippen molar-refractivity contribution < 1.29 is 48.6 Å². The van der Waals surface area contributed by atoms with Crippen LogP contribution in [0.5, 0.6) is 0 Å². The number of alkyl halides is 1. The van der Waals surface area contributed by atoms with Crippen LogP contribution in [0.15, 0.2) is 0 Å². The number of rotatable bonds is 2. The third-order valence-electron chi connectivity index (χ3n) is 0.406. The van der Waals surface area contributed by atoms with E-state index in [1.54, 1.807) is 0 Å². The number of hydrogen-bond donors (Lipinski definition) is 0. The van der Waals surface area contributed by atoms with Crippen LogP contribution in [0, 0.1) is 0 Å². The van der Waals surface area contributed by atoms with E-state index in [1.165, 1.54) is 0 Å². The molecule has 0 fully saturated rings. The van der Waals surface area contributed by atoms with Crippen molar-refractivity contribution in [1.29, 1.82) is 0 Å². The van der Waals surface area contributed by atoms with Crippen molar-refractivity contribution in [3.63, 3.8) is 0 Å². The maximum absolute atomic E-state index is 11.3. The second-order valence-corrected chi connectivity index (χ2v) is 2.23. The van der Waals surface area contributed by atoms with Crippen LogP contribution in [0.3, 0.4) is 0 Å². The molecule has 0 aromatic carbocycles. The van der Waals surface area contributed by atoms with Gasteiger partial charge in [0.25, 0.3) is 0 Å². The molecule has 0 saturated carbocycles. The minimum Gasteiger partial charge on any atom is -0.548 e. The summed E-state index contributed by atoms with van der Waals surface area (Å²) < 4.78 is 9.62. The molecule has 6 heteroatoms. The van der Waals surface area contributed by atoms with Gasteiger partial charge < -0.3 is 9.90 Å². The molecule has 9 heavy (non-hydrogen) atoms. The van der Waals surface area contributed by atoms with Crippen molar-refractivity contribution in [3.8, 4) is 0 Å². The summed E-state index contributed by atoms with van der Waals surface area (Å²) in [5.74, 6) is -1.70. The molecule has 0 N–H and O–H groups in total. The van der Waals surface area contributed by atoms with Gasteiger partial charge in [0.05, 0.1) is 5.97 Å². The minimum absolute atomic E-state index is 0. The van der Waals surface area contributed by atoms with E-state index in [9.17, 15) is 19.1 Å². The van der Waals surface area contributed by atoms with Gasteiger partial charge >= 0.3 is 35.6 Å². The van der Waals surface area contributed by atoms with Crippen molar-refractivity contribution in [2.24, 2.45) is 0 Å². The molecule has 0 spiro atoms. The van der Waals surface area contributed by atoms with Crippen LogP contribution in [0.1, 0.15) is 0 Å².